The summed E-state index contributed by atoms with van der Waals surface area (Å²) in [6, 6.07) is 0. The Bertz CT molecular complexity index is 1950. The molecule has 10 unspecified atom stereocenters. The van der Waals surface area contributed by atoms with Gasteiger partial charge in [0.15, 0.2) is 25.0 Å². The largest absolute Gasteiger partial charge is 0.472 e. The molecule has 0 amide bonds. The number of phosphoric ester groups is 1. The maximum absolute atomic E-state index is 14.3. The van der Waals surface area contributed by atoms with Crippen LogP contribution in [0.5, 0.6) is 0 Å². The maximum Gasteiger partial charge on any atom is 0.472 e. The van der Waals surface area contributed by atoms with E-state index in [0.29, 0.717) is 19.3 Å². The molecule has 4 fully saturated rings. The fourth-order valence-electron chi connectivity index (χ4n) is 11.6. The molecule has 3 heterocycles. The number of ether oxygens (including phenoxy) is 8. The lowest BCUT2D eigenvalue weighted by Gasteiger charge is -2.49. The van der Waals surface area contributed by atoms with Crippen LogP contribution in [0, 0.1) is 0 Å². The maximum atomic E-state index is 14.3. The van der Waals surface area contributed by atoms with E-state index in [4.69, 9.17) is 46.9 Å². The molecule has 0 spiro atoms. The van der Waals surface area contributed by atoms with Gasteiger partial charge in [-0.05, 0) is 12.8 Å². The Kier molecular flexibility index (Phi) is 39.6. The van der Waals surface area contributed by atoms with Crippen molar-refractivity contribution >= 4 is 19.8 Å². The minimum atomic E-state index is -5.75. The number of aliphatic hydroxyl groups excluding tert-OH is 14. The lowest BCUT2D eigenvalue weighted by Crippen LogP contribution is -2.69. The van der Waals surface area contributed by atoms with Crippen LogP contribution in [-0.2, 0) is 61.1 Å². The molecule has 1 saturated carbocycles. The second-order valence-electron chi connectivity index (χ2n) is 24.7. The number of carbonyl (C=O) groups excluding carboxylic acids is 2. The van der Waals surface area contributed by atoms with E-state index in [0.717, 1.165) is 57.8 Å². The van der Waals surface area contributed by atoms with Crippen molar-refractivity contribution in [3.05, 3.63) is 0 Å². The van der Waals surface area contributed by atoms with Crippen LogP contribution in [0.1, 0.15) is 206 Å². The van der Waals surface area contributed by atoms with E-state index in [1.54, 1.807) is 0 Å². The van der Waals surface area contributed by atoms with Gasteiger partial charge in [-0.3, -0.25) is 18.6 Å². The summed E-state index contributed by atoms with van der Waals surface area (Å²) >= 11 is 0. The number of hydrogen-bond donors (Lipinski definition) is 15. The third kappa shape index (κ3) is 27.4. The number of unbranched alkanes of at least 4 members (excludes halogenated alkanes) is 26. The molecular formula is C61H113O28P. The Morgan fingerprint density at radius 2 is 0.733 bits per heavy atom. The highest BCUT2D eigenvalue weighted by molar-refractivity contribution is 7.47. The Morgan fingerprint density at radius 3 is 1.13 bits per heavy atom. The van der Waals surface area contributed by atoms with Gasteiger partial charge in [0.25, 0.3) is 0 Å². The molecule has 0 aromatic rings. The van der Waals surface area contributed by atoms with Gasteiger partial charge in [-0.1, -0.05) is 181 Å². The number of aliphatic hydroxyl groups is 14. The highest BCUT2D eigenvalue weighted by Crippen LogP contribution is 2.49. The van der Waals surface area contributed by atoms with Crippen LogP contribution in [0.4, 0.5) is 0 Å². The zero-order valence-electron chi connectivity index (χ0n) is 52.9. The fourth-order valence-corrected chi connectivity index (χ4v) is 12.5. The summed E-state index contributed by atoms with van der Waals surface area (Å²) in [4.78, 5) is 37.9. The molecule has 0 aromatic carbocycles. The SMILES string of the molecule is CCCCCCCCCCCCCCCCCC(=O)O[C@H](COC(=O)CCCCCCCCCCCCCCC)COP(=O)(O)O[C@@H]1C(O[C@@H]2OC(CO[C@@H]3OC(CO)[C@H](O)C(O)[C@@H]3O)[C@H](O)C(O)[C@@H]2O)C(O)[C@@H](O)C(O)[C@H]1O[C@H]1OC(CO)[C@@H](O)C(O)[C@H]1O. The average molecular weight is 1330 g/mol. The van der Waals surface area contributed by atoms with Gasteiger partial charge >= 0.3 is 19.8 Å². The smallest absolute Gasteiger partial charge is 0.462 e. The van der Waals surface area contributed by atoms with Gasteiger partial charge in [-0.15, -0.1) is 0 Å². The van der Waals surface area contributed by atoms with E-state index in [-0.39, 0.29) is 12.8 Å². The molecular weight excluding hydrogens is 1210 g/mol. The van der Waals surface area contributed by atoms with Crippen molar-refractivity contribution in [2.45, 2.75) is 341 Å². The Morgan fingerprint density at radius 1 is 0.400 bits per heavy atom. The van der Waals surface area contributed by atoms with E-state index in [1.165, 1.54) is 103 Å². The van der Waals surface area contributed by atoms with Crippen LogP contribution < -0.4 is 0 Å². The number of phosphoric acid groups is 1. The summed E-state index contributed by atoms with van der Waals surface area (Å²) in [6.45, 7) is 0.0814. The van der Waals surface area contributed by atoms with Gasteiger partial charge in [0.2, 0.25) is 0 Å². The van der Waals surface area contributed by atoms with Gasteiger partial charge in [-0.2, -0.15) is 0 Å². The summed E-state index contributed by atoms with van der Waals surface area (Å²) in [6.07, 6.45) is -14.8. The minimum absolute atomic E-state index is 0.0246. The quantitative estimate of drug-likeness (QED) is 0.0235. The third-order valence-electron chi connectivity index (χ3n) is 17.3. The number of rotatable bonds is 47. The lowest BCUT2D eigenvalue weighted by molar-refractivity contribution is -0.364. The summed E-state index contributed by atoms with van der Waals surface area (Å²) in [7, 11) is -5.75. The topological polar surface area (TPSA) is 447 Å². The molecule has 4 aliphatic rings. The molecule has 29 heteroatoms. The Hall–Kier alpha value is -1.75. The molecule has 0 bridgehead atoms. The highest BCUT2D eigenvalue weighted by atomic mass is 31.2. The summed E-state index contributed by atoms with van der Waals surface area (Å²) in [5.74, 6) is -1.39. The number of carbonyl (C=O) groups is 2. The Balaban J connectivity index is 1.48. The predicted molar refractivity (Wildman–Crippen MR) is 319 cm³/mol. The average Bonchev–Trinajstić information content (AvgIpc) is 1.01. The second kappa shape index (κ2) is 44.1. The molecule has 530 valence electrons. The summed E-state index contributed by atoms with van der Waals surface area (Å²) in [5.41, 5.74) is 0. The van der Waals surface area contributed by atoms with Gasteiger partial charge in [0.05, 0.1) is 26.4 Å². The van der Waals surface area contributed by atoms with E-state index < -0.39 is 188 Å². The molecule has 3 saturated heterocycles. The van der Waals surface area contributed by atoms with E-state index >= 15 is 0 Å². The zero-order chi connectivity index (χ0) is 66.2. The first-order valence-corrected chi connectivity index (χ1v) is 34.9. The van der Waals surface area contributed by atoms with Crippen LogP contribution in [-0.4, -0.2) is 256 Å². The first-order chi connectivity index (χ1) is 43.1. The van der Waals surface area contributed by atoms with Crippen molar-refractivity contribution in [3.63, 3.8) is 0 Å². The monoisotopic (exact) mass is 1320 g/mol. The first-order valence-electron chi connectivity index (χ1n) is 33.4. The van der Waals surface area contributed by atoms with E-state index in [2.05, 4.69) is 13.8 Å². The summed E-state index contributed by atoms with van der Waals surface area (Å²) in [5, 5.41) is 150. The predicted octanol–water partition coefficient (Wildman–Crippen LogP) is 1.98. The fraction of sp³-hybridized carbons (Fsp3) is 0.967. The van der Waals surface area contributed by atoms with E-state index in [1.807, 2.05) is 0 Å². The van der Waals surface area contributed by atoms with Gasteiger partial charge in [0.1, 0.15) is 116 Å². The normalized spacial score (nSPS) is 34.2. The lowest BCUT2D eigenvalue weighted by atomic mass is 9.84. The van der Waals surface area contributed by atoms with Crippen molar-refractivity contribution in [2.24, 2.45) is 0 Å². The summed E-state index contributed by atoms with van der Waals surface area (Å²) < 4.78 is 69.9. The molecule has 15 N–H and O–H groups in total. The standard InChI is InChI=1S/C61H113O28P/c1-3-5-7-9-11-13-15-17-18-20-22-24-26-28-30-32-43(65)83-38(35-80-42(64)31-29-27-25-23-21-19-16-14-12-10-8-6-4-2)36-82-90(78,79)89-58-56(87-60-54(76)48(70)45(67)40(34-63)85-60)51(73)50(72)52(74)57(58)88-61-55(77)49(71)46(68)41(86-61)37-81-59-53(75)47(69)44(66)39(33-62)84-59/h38-41,44-63,66-77H,3-37H2,1-2H3,(H,78,79)/t38-,39?,40?,41?,44+,45-,46+,47?,48?,49?,50+,51?,52?,53+,54-,55+,56-,57?,58+,59-,60-,61+/m1/s1. The van der Waals surface area contributed by atoms with Crippen LogP contribution >= 0.6 is 7.82 Å². The molecule has 28 nitrogen and oxygen atoms in total. The zero-order valence-corrected chi connectivity index (χ0v) is 53.8. The molecule has 0 radical (unpaired) electrons. The van der Waals surface area contributed by atoms with Crippen molar-refractivity contribution in [3.8, 4) is 0 Å². The van der Waals surface area contributed by atoms with Gasteiger partial charge < -0.3 is 114 Å². The molecule has 90 heavy (non-hydrogen) atoms. The first kappa shape index (κ1) is 80.7. The molecule has 23 atom stereocenters. The van der Waals surface area contributed by atoms with Crippen LogP contribution in [0.2, 0.25) is 0 Å². The van der Waals surface area contributed by atoms with Crippen LogP contribution in [0.25, 0.3) is 0 Å². The number of hydrogen-bond acceptors (Lipinski definition) is 27. The molecule has 3 aliphatic heterocycles. The second-order valence-corrected chi connectivity index (χ2v) is 26.1. The van der Waals surface area contributed by atoms with Gasteiger partial charge in [-0.25, -0.2) is 4.57 Å². The van der Waals surface area contributed by atoms with Crippen molar-refractivity contribution in [1.82, 2.24) is 0 Å². The van der Waals surface area contributed by atoms with E-state index in [9.17, 15) is 90.5 Å². The molecule has 1 aliphatic carbocycles. The third-order valence-corrected chi connectivity index (χ3v) is 18.3. The van der Waals surface area contributed by atoms with Crippen LogP contribution in [0.15, 0.2) is 0 Å². The molecule has 0 aromatic heterocycles. The Labute approximate surface area is 530 Å². The highest BCUT2D eigenvalue weighted by Gasteiger charge is 2.58. The number of esters is 2. The minimum Gasteiger partial charge on any atom is -0.462 e. The van der Waals surface area contributed by atoms with Crippen molar-refractivity contribution < 1.29 is 137 Å². The van der Waals surface area contributed by atoms with Crippen molar-refractivity contribution in [1.29, 1.82) is 0 Å². The van der Waals surface area contributed by atoms with Gasteiger partial charge in [0, 0.05) is 12.8 Å². The van der Waals surface area contributed by atoms with Crippen LogP contribution in [0.3, 0.4) is 0 Å². The van der Waals surface area contributed by atoms with Crippen molar-refractivity contribution in [2.75, 3.05) is 33.0 Å². The molecule has 4 rings (SSSR count).